The molecule has 0 fully saturated rings. The quantitative estimate of drug-likeness (QED) is 0.0321. The second kappa shape index (κ2) is 29.9. The van der Waals surface area contributed by atoms with Crippen molar-refractivity contribution in [3.05, 3.63) is 291 Å². The van der Waals surface area contributed by atoms with Gasteiger partial charge < -0.3 is 28.4 Å². The van der Waals surface area contributed by atoms with Gasteiger partial charge >= 0.3 is 25.7 Å². The maximum atomic E-state index is 20.1. The SMILES string of the molecule is CC(C)(C)OC(=O)COc1ccc2ccccc2c1S(OP(=O)(OS(c1ccccc1)(c1ccccc1)c1c(OCC(=O)OC(C)(C)C)ccc2ccccc12)OS(c1ccccc1)(c1ccccc1)c1c(OCC(=O)OC(C)(C)C)ccc2ccccc12)(c1ccccc1)c1ccccc1. The number of hydrogen-bond donors (Lipinski definition) is 0. The van der Waals surface area contributed by atoms with E-state index in [-0.39, 0.29) is 17.2 Å². The molecule has 0 atom stereocenters. The summed E-state index contributed by atoms with van der Waals surface area (Å²) in [7, 11) is -17.3. The number of esters is 3. The lowest BCUT2D eigenvalue weighted by Crippen LogP contribution is -2.27. The van der Waals surface area contributed by atoms with Gasteiger partial charge in [0, 0.05) is 45.5 Å². The van der Waals surface area contributed by atoms with Crippen LogP contribution in [-0.4, -0.2) is 54.5 Å². The van der Waals surface area contributed by atoms with Crippen LogP contribution in [0.15, 0.2) is 335 Å². The zero-order valence-electron chi connectivity index (χ0n) is 57.8. The smallest absolute Gasteiger partial charge is 0.481 e. The van der Waals surface area contributed by atoms with Gasteiger partial charge in [-0.2, -0.15) is 0 Å². The Morgan fingerprint density at radius 2 is 0.475 bits per heavy atom. The normalized spacial score (nSPS) is 12.9. The molecule has 0 saturated heterocycles. The van der Waals surface area contributed by atoms with Crippen LogP contribution in [0.25, 0.3) is 32.3 Å². The molecular weight excluding hydrogens is 1340 g/mol. The fraction of sp³-hybridized carbons (Fsp3) is 0.179. The van der Waals surface area contributed by atoms with E-state index < -0.39 is 93.3 Å². The molecule has 0 radical (unpaired) electrons. The number of ether oxygens (including phenoxy) is 6. The highest BCUT2D eigenvalue weighted by molar-refractivity contribution is 8.36. The fourth-order valence-corrected chi connectivity index (χ4v) is 27.4. The molecule has 17 heteroatoms. The third-order valence-corrected chi connectivity index (χ3v) is 29.2. The molecule has 101 heavy (non-hydrogen) atoms. The van der Waals surface area contributed by atoms with E-state index in [1.54, 1.807) is 80.5 Å². The topological polar surface area (TPSA) is 151 Å². The van der Waals surface area contributed by atoms with Crippen molar-refractivity contribution in [1.82, 2.24) is 0 Å². The minimum atomic E-state index is -5.89. The van der Waals surface area contributed by atoms with Crippen LogP contribution in [0.3, 0.4) is 0 Å². The van der Waals surface area contributed by atoms with Crippen molar-refractivity contribution in [3.63, 3.8) is 0 Å². The van der Waals surface area contributed by atoms with Crippen LogP contribution in [0.2, 0.25) is 0 Å². The first-order valence-electron chi connectivity index (χ1n) is 33.1. The Bertz CT molecular complexity index is 4340. The molecule has 0 amide bonds. The fourth-order valence-electron chi connectivity index (χ4n) is 12.0. The number of hydrogen-bond acceptors (Lipinski definition) is 13. The average molecular weight is 1430 g/mol. The number of carbonyl (C=O) groups excluding carboxylic acids is 3. The molecule has 0 unspecified atom stereocenters. The van der Waals surface area contributed by atoms with Gasteiger partial charge in [-0.3, -0.25) is 0 Å². The van der Waals surface area contributed by atoms with Crippen molar-refractivity contribution in [1.29, 1.82) is 0 Å². The highest BCUT2D eigenvalue weighted by atomic mass is 32.3. The first-order chi connectivity index (χ1) is 48.5. The summed E-state index contributed by atoms with van der Waals surface area (Å²) in [6, 6.07) is 91.7. The van der Waals surface area contributed by atoms with E-state index in [4.69, 9.17) is 40.3 Å². The van der Waals surface area contributed by atoms with Gasteiger partial charge in [0.05, 0.1) is 14.7 Å². The maximum Gasteiger partial charge on any atom is 0.506 e. The number of carbonyl (C=O) groups is 3. The number of rotatable bonds is 24. The molecule has 0 N–H and O–H groups in total. The molecule has 12 aromatic rings. The Kier molecular flexibility index (Phi) is 21.1. The van der Waals surface area contributed by atoms with Gasteiger partial charge in [-0.1, -0.05) is 200 Å². The molecule has 0 bridgehead atoms. The summed E-state index contributed by atoms with van der Waals surface area (Å²) in [6.45, 7) is 14.5. The Labute approximate surface area is 595 Å². The molecule has 0 heterocycles. The monoisotopic (exact) mass is 1420 g/mol. The van der Waals surface area contributed by atoms with Crippen molar-refractivity contribution in [2.24, 2.45) is 0 Å². The van der Waals surface area contributed by atoms with Crippen molar-refractivity contribution in [3.8, 4) is 17.2 Å². The molecule has 0 aliphatic rings. The van der Waals surface area contributed by atoms with Gasteiger partial charge in [0.1, 0.15) is 34.1 Å². The molecule has 518 valence electrons. The zero-order chi connectivity index (χ0) is 71.1. The third kappa shape index (κ3) is 15.7. The van der Waals surface area contributed by atoms with Gasteiger partial charge in [0.15, 0.2) is 19.8 Å². The molecule has 12 aromatic carbocycles. The van der Waals surface area contributed by atoms with Gasteiger partial charge in [0.2, 0.25) is 0 Å². The predicted octanol–water partition coefficient (Wildman–Crippen LogP) is 22.5. The Morgan fingerprint density at radius 1 is 0.277 bits per heavy atom. The minimum Gasteiger partial charge on any atom is -0.481 e. The first kappa shape index (κ1) is 71.2. The molecule has 0 saturated carbocycles. The van der Waals surface area contributed by atoms with E-state index in [1.807, 2.05) is 273 Å². The van der Waals surface area contributed by atoms with E-state index in [0.29, 0.717) is 60.2 Å². The summed E-state index contributed by atoms with van der Waals surface area (Å²) in [5.74, 6) is -1.28. The van der Waals surface area contributed by atoms with E-state index in [0.717, 1.165) is 16.2 Å². The van der Waals surface area contributed by atoms with Crippen LogP contribution in [-0.2, 0) is 45.1 Å². The molecule has 12 rings (SSSR count). The van der Waals surface area contributed by atoms with E-state index in [9.17, 15) is 14.4 Å². The molecule has 13 nitrogen and oxygen atoms in total. The van der Waals surface area contributed by atoms with E-state index in [1.165, 1.54) is 0 Å². The summed E-state index contributed by atoms with van der Waals surface area (Å²) in [5, 5.41) is 4.12. The largest absolute Gasteiger partial charge is 0.506 e. The minimum absolute atomic E-state index is 0.206. The summed E-state index contributed by atoms with van der Waals surface area (Å²) < 4.78 is 84.3. The Balaban J connectivity index is 1.28. The first-order valence-corrected chi connectivity index (χ1v) is 39.3. The van der Waals surface area contributed by atoms with Crippen LogP contribution >= 0.6 is 38.7 Å². The van der Waals surface area contributed by atoms with Gasteiger partial charge in [-0.25, -0.2) is 30.9 Å². The van der Waals surface area contributed by atoms with Gasteiger partial charge in [-0.15, -0.1) is 0 Å². The van der Waals surface area contributed by atoms with Gasteiger partial charge in [-0.05, 0) is 200 Å². The molecule has 0 aromatic heterocycles. The predicted molar refractivity (Wildman–Crippen MR) is 403 cm³/mol. The highest BCUT2D eigenvalue weighted by Crippen LogP contribution is 2.90. The average Bonchev–Trinajstić information content (AvgIpc) is 0.705. The number of fused-ring (bicyclic) bond motifs is 3. The summed E-state index contributed by atoms with van der Waals surface area (Å²) in [5.41, 5.74) is -2.60. The molecular formula is C84H81O13PS3. The van der Waals surface area contributed by atoms with Crippen LogP contribution in [0.4, 0.5) is 0 Å². The zero-order valence-corrected chi connectivity index (χ0v) is 61.2. The second-order valence-corrected chi connectivity index (χ2v) is 36.8. The standard InChI is InChI=1S/C84H81O13PS3/c1-82(2,3)92-76(85)58-89-73-55-52-61-34-28-31-49-70(61)79(73)99(64-37-16-10-17-38-64,65-39-18-11-19-40-65)95-98(88,96-100(66-41-20-12-21-42-66,67-43-22-13-23-44-67)80-71-50-32-29-35-62(71)53-56-74(80)90-59-77(86)93-83(4,5)6)97-101(68-45-24-14-25-46-68,69-47-26-15-27-48-69)81-72-51-33-30-36-63(72)54-57-75(81)91-60-78(87)94-84(7,8)9/h10-57H,58-60H2,1-9H3. The van der Waals surface area contributed by atoms with Crippen molar-refractivity contribution in [2.45, 2.75) is 123 Å². The van der Waals surface area contributed by atoms with Crippen LogP contribution in [0.5, 0.6) is 17.2 Å². The number of phosphoric acid groups is 1. The van der Waals surface area contributed by atoms with Crippen LogP contribution < -0.4 is 14.2 Å². The molecule has 0 aliphatic heterocycles. The van der Waals surface area contributed by atoms with E-state index in [2.05, 4.69) is 0 Å². The van der Waals surface area contributed by atoms with Gasteiger partial charge in [0.25, 0.3) is 0 Å². The Hall–Kier alpha value is -9.61. The second-order valence-electron chi connectivity index (χ2n) is 26.7. The number of benzene rings is 12. The van der Waals surface area contributed by atoms with Crippen molar-refractivity contribution >= 4 is 89.0 Å². The van der Waals surface area contributed by atoms with E-state index >= 15 is 4.57 Å². The molecule has 0 aliphatic carbocycles. The van der Waals surface area contributed by atoms with Crippen LogP contribution in [0.1, 0.15) is 62.3 Å². The highest BCUT2D eigenvalue weighted by Gasteiger charge is 2.55. The lowest BCUT2D eigenvalue weighted by Gasteiger charge is -2.49. The van der Waals surface area contributed by atoms with Crippen LogP contribution in [0, 0.1) is 0 Å². The maximum absolute atomic E-state index is 20.1. The molecule has 0 spiro atoms. The summed E-state index contributed by atoms with van der Waals surface area (Å²) >= 11 is 0. The summed E-state index contributed by atoms with van der Waals surface area (Å²) in [6.07, 6.45) is 0. The Morgan fingerprint density at radius 3 is 0.683 bits per heavy atom. The summed E-state index contributed by atoms with van der Waals surface area (Å²) in [4.78, 5) is 46.8. The van der Waals surface area contributed by atoms with Crippen molar-refractivity contribution < 1.29 is 59.3 Å². The van der Waals surface area contributed by atoms with Crippen molar-refractivity contribution in [2.75, 3.05) is 19.8 Å². The lowest BCUT2D eigenvalue weighted by molar-refractivity contribution is -0.158. The lowest BCUT2D eigenvalue weighted by atomic mass is 10.1. The third-order valence-electron chi connectivity index (χ3n) is 15.7.